The second kappa shape index (κ2) is 6.33. The summed E-state index contributed by atoms with van der Waals surface area (Å²) in [7, 11) is 2.04. The molecule has 2 aromatic rings. The number of fused-ring (bicyclic) bond motifs is 1. The summed E-state index contributed by atoms with van der Waals surface area (Å²) in [5.74, 6) is 0.0397. The zero-order chi connectivity index (χ0) is 14.5. The number of aromatic nitrogens is 3. The number of nitrogens with one attached hydrogen (secondary N) is 1. The highest BCUT2D eigenvalue weighted by Crippen LogP contribution is 2.05. The lowest BCUT2D eigenvalue weighted by molar-refractivity contribution is -0.672. The van der Waals surface area contributed by atoms with Crippen LogP contribution in [0.25, 0.3) is 11.0 Å². The average molecular weight is 277 g/mol. The van der Waals surface area contributed by atoms with Crippen molar-refractivity contribution in [3.63, 3.8) is 0 Å². The summed E-state index contributed by atoms with van der Waals surface area (Å²) in [6, 6.07) is 6.60. The lowest BCUT2D eigenvalue weighted by Crippen LogP contribution is -2.44. The van der Waals surface area contributed by atoms with E-state index in [2.05, 4.69) is 22.2 Å². The SMILES string of the molecule is CCN(C)CCCNc1n[n+]([O-])c2ccccc2[n+]1[O-]. The summed E-state index contributed by atoms with van der Waals surface area (Å²) in [5, 5.41) is 30.5. The van der Waals surface area contributed by atoms with Crippen molar-refractivity contribution in [3.05, 3.63) is 34.7 Å². The fraction of sp³-hybridized carbons (Fsp3) is 0.462. The molecule has 1 aromatic heterocycles. The minimum absolute atomic E-state index is 0.0397. The summed E-state index contributed by atoms with van der Waals surface area (Å²) >= 11 is 0. The summed E-state index contributed by atoms with van der Waals surface area (Å²) in [6.07, 6.45) is 0.873. The van der Waals surface area contributed by atoms with Crippen LogP contribution in [0, 0.1) is 10.4 Å². The molecule has 0 atom stereocenters. The van der Waals surface area contributed by atoms with Crippen LogP contribution >= 0.6 is 0 Å². The van der Waals surface area contributed by atoms with Gasteiger partial charge in [0.15, 0.2) is 5.52 Å². The van der Waals surface area contributed by atoms with Crippen molar-refractivity contribution < 1.29 is 9.58 Å². The predicted molar refractivity (Wildman–Crippen MR) is 75.9 cm³/mol. The van der Waals surface area contributed by atoms with E-state index in [9.17, 15) is 10.4 Å². The zero-order valence-corrected chi connectivity index (χ0v) is 11.7. The van der Waals surface area contributed by atoms with Gasteiger partial charge in [0.05, 0.1) is 6.54 Å². The molecule has 2 rings (SSSR count). The molecule has 0 aliphatic rings. The van der Waals surface area contributed by atoms with Gasteiger partial charge in [-0.3, -0.25) is 5.32 Å². The third-order valence-electron chi connectivity index (χ3n) is 3.22. The van der Waals surface area contributed by atoms with Gasteiger partial charge in [0.25, 0.3) is 5.52 Å². The molecule has 0 bridgehead atoms. The fourth-order valence-corrected chi connectivity index (χ4v) is 1.91. The quantitative estimate of drug-likeness (QED) is 0.465. The van der Waals surface area contributed by atoms with Crippen LogP contribution in [-0.4, -0.2) is 36.7 Å². The second-order valence-electron chi connectivity index (χ2n) is 4.66. The summed E-state index contributed by atoms with van der Waals surface area (Å²) in [4.78, 5) is 2.65. The van der Waals surface area contributed by atoms with Crippen molar-refractivity contribution in [2.24, 2.45) is 0 Å². The van der Waals surface area contributed by atoms with E-state index in [-0.39, 0.29) is 11.5 Å². The monoisotopic (exact) mass is 277 g/mol. The molecule has 1 heterocycles. The molecule has 1 aromatic carbocycles. The molecule has 7 heteroatoms. The van der Waals surface area contributed by atoms with Crippen LogP contribution < -0.4 is 14.9 Å². The van der Waals surface area contributed by atoms with Crippen molar-refractivity contribution in [1.82, 2.24) is 10.00 Å². The number of para-hydroxylation sites is 2. The Morgan fingerprint density at radius 3 is 2.65 bits per heavy atom. The smallest absolute Gasteiger partial charge is 0.460 e. The lowest BCUT2D eigenvalue weighted by Gasteiger charge is -2.13. The molecule has 0 radical (unpaired) electrons. The number of hydrogen-bond acceptors (Lipinski definition) is 5. The molecule has 20 heavy (non-hydrogen) atoms. The Morgan fingerprint density at radius 1 is 1.25 bits per heavy atom. The Balaban J connectivity index is 2.09. The normalized spacial score (nSPS) is 11.2. The zero-order valence-electron chi connectivity index (χ0n) is 11.7. The summed E-state index contributed by atoms with van der Waals surface area (Å²) in [6.45, 7) is 4.59. The molecular weight excluding hydrogens is 258 g/mol. The first-order valence-corrected chi connectivity index (χ1v) is 6.68. The van der Waals surface area contributed by atoms with E-state index in [1.807, 2.05) is 7.05 Å². The highest BCUT2D eigenvalue weighted by molar-refractivity contribution is 5.67. The first kappa shape index (κ1) is 14.3. The van der Waals surface area contributed by atoms with E-state index in [1.165, 1.54) is 0 Å². The van der Waals surface area contributed by atoms with Gasteiger partial charge in [0.1, 0.15) is 0 Å². The molecule has 0 fully saturated rings. The van der Waals surface area contributed by atoms with Gasteiger partial charge in [-0.05, 0) is 26.1 Å². The minimum Gasteiger partial charge on any atom is -0.739 e. The minimum atomic E-state index is 0.0397. The fourth-order valence-electron chi connectivity index (χ4n) is 1.91. The predicted octanol–water partition coefficient (Wildman–Crippen LogP) is 0.255. The number of hydrogen-bond donors (Lipinski definition) is 1. The van der Waals surface area contributed by atoms with Crippen molar-refractivity contribution in [2.75, 3.05) is 32.0 Å². The molecule has 1 N–H and O–H groups in total. The third kappa shape index (κ3) is 3.05. The number of benzene rings is 1. The van der Waals surface area contributed by atoms with Crippen LogP contribution in [0.2, 0.25) is 0 Å². The van der Waals surface area contributed by atoms with Crippen LogP contribution in [0.5, 0.6) is 0 Å². The number of anilines is 1. The van der Waals surface area contributed by atoms with Gasteiger partial charge >= 0.3 is 5.95 Å². The van der Waals surface area contributed by atoms with Gasteiger partial charge in [-0.15, -0.1) is 0 Å². The van der Waals surface area contributed by atoms with Crippen molar-refractivity contribution >= 4 is 17.0 Å². The molecule has 0 spiro atoms. The van der Waals surface area contributed by atoms with Gasteiger partial charge < -0.3 is 15.3 Å². The molecule has 0 saturated heterocycles. The summed E-state index contributed by atoms with van der Waals surface area (Å²) < 4.78 is 0.660. The van der Waals surface area contributed by atoms with Gasteiger partial charge in [-0.25, -0.2) is 4.73 Å². The topological polar surface area (TPSA) is 82.0 Å². The maximum absolute atomic E-state index is 12.1. The Bertz CT molecular complexity index is 590. The van der Waals surface area contributed by atoms with Crippen molar-refractivity contribution in [3.8, 4) is 0 Å². The molecule has 0 amide bonds. The summed E-state index contributed by atoms with van der Waals surface area (Å²) in [5.41, 5.74) is 0.574. The maximum Gasteiger partial charge on any atom is 0.460 e. The first-order chi connectivity index (χ1) is 9.63. The van der Waals surface area contributed by atoms with Crippen molar-refractivity contribution in [1.29, 1.82) is 0 Å². The standard InChI is InChI=1S/C13H19N5O2/c1-3-16(2)10-6-9-14-13-15-18(20)12-8-5-4-7-11(12)17(13)19/h4-5,7-8H,3,6,9-10H2,1-2H3,(H,14,15). The van der Waals surface area contributed by atoms with E-state index in [0.717, 1.165) is 19.5 Å². The van der Waals surface area contributed by atoms with Crippen molar-refractivity contribution in [2.45, 2.75) is 13.3 Å². The Hall–Kier alpha value is -2.15. The molecule has 0 aliphatic heterocycles. The highest BCUT2D eigenvalue weighted by Gasteiger charge is 2.18. The largest absolute Gasteiger partial charge is 0.739 e. The Morgan fingerprint density at radius 2 is 1.95 bits per heavy atom. The van der Waals surface area contributed by atoms with E-state index < -0.39 is 0 Å². The molecule has 0 unspecified atom stereocenters. The van der Waals surface area contributed by atoms with E-state index >= 15 is 0 Å². The Kier molecular flexibility index (Phi) is 4.52. The molecule has 0 aliphatic carbocycles. The first-order valence-electron chi connectivity index (χ1n) is 6.68. The van der Waals surface area contributed by atoms with Crippen LogP contribution in [0.1, 0.15) is 13.3 Å². The number of rotatable bonds is 6. The molecule has 0 saturated carbocycles. The Labute approximate surface area is 117 Å². The maximum atomic E-state index is 12.1. The molecule has 7 nitrogen and oxygen atoms in total. The van der Waals surface area contributed by atoms with E-state index in [0.29, 0.717) is 21.6 Å². The van der Waals surface area contributed by atoms with Crippen LogP contribution in [0.3, 0.4) is 0 Å². The van der Waals surface area contributed by atoms with Gasteiger partial charge in [0, 0.05) is 17.5 Å². The average Bonchev–Trinajstić information content (AvgIpc) is 2.48. The van der Waals surface area contributed by atoms with Gasteiger partial charge in [-0.1, -0.05) is 19.1 Å². The van der Waals surface area contributed by atoms with Crippen LogP contribution in [-0.2, 0) is 0 Å². The highest BCUT2D eigenvalue weighted by atomic mass is 16.5. The molecule has 108 valence electrons. The second-order valence-corrected chi connectivity index (χ2v) is 4.66. The number of nitrogens with zero attached hydrogens (tertiary/aromatic N) is 4. The van der Waals surface area contributed by atoms with Crippen LogP contribution in [0.4, 0.5) is 5.95 Å². The van der Waals surface area contributed by atoms with Crippen LogP contribution in [0.15, 0.2) is 24.3 Å². The van der Waals surface area contributed by atoms with E-state index in [4.69, 9.17) is 0 Å². The van der Waals surface area contributed by atoms with Gasteiger partial charge in [-0.2, -0.15) is 0 Å². The molecular formula is C13H19N5O2. The van der Waals surface area contributed by atoms with Gasteiger partial charge in [0.2, 0.25) is 5.10 Å². The van der Waals surface area contributed by atoms with E-state index in [1.54, 1.807) is 24.3 Å². The lowest BCUT2D eigenvalue weighted by atomic mass is 10.3. The third-order valence-corrected chi connectivity index (χ3v) is 3.22.